The van der Waals surface area contributed by atoms with E-state index in [1.165, 1.54) is 7.11 Å². The van der Waals surface area contributed by atoms with Gasteiger partial charge in [-0.25, -0.2) is 4.79 Å². The third-order valence-electron chi connectivity index (χ3n) is 3.61. The molecule has 0 bridgehead atoms. The molecule has 0 atom stereocenters. The van der Waals surface area contributed by atoms with E-state index < -0.39 is 5.97 Å². The van der Waals surface area contributed by atoms with Gasteiger partial charge in [0.05, 0.1) is 29.6 Å². The lowest BCUT2D eigenvalue weighted by atomic mass is 10.2. The second-order valence-corrected chi connectivity index (χ2v) is 5.55. The predicted octanol–water partition coefficient (Wildman–Crippen LogP) is 2.66. The topological polar surface area (TPSA) is 80.2 Å². The maximum atomic E-state index is 11.6. The predicted molar refractivity (Wildman–Crippen MR) is 87.3 cm³/mol. The molecule has 23 heavy (non-hydrogen) atoms. The van der Waals surface area contributed by atoms with Crippen molar-refractivity contribution in [1.82, 2.24) is 15.2 Å². The lowest BCUT2D eigenvalue weighted by molar-refractivity contribution is 0.0601. The van der Waals surface area contributed by atoms with Crippen LogP contribution >= 0.6 is 11.6 Å². The summed E-state index contributed by atoms with van der Waals surface area (Å²) in [5, 5.41) is 11.4. The molecule has 1 aliphatic rings. The number of nitrogens with one attached hydrogen (secondary N) is 1. The van der Waals surface area contributed by atoms with Crippen LogP contribution < -0.4 is 10.2 Å². The highest BCUT2D eigenvalue weighted by atomic mass is 35.5. The van der Waals surface area contributed by atoms with E-state index in [1.54, 1.807) is 24.4 Å². The Morgan fingerprint density at radius 3 is 2.87 bits per heavy atom. The van der Waals surface area contributed by atoms with Gasteiger partial charge >= 0.3 is 5.97 Å². The molecule has 120 valence electrons. The lowest BCUT2D eigenvalue weighted by Gasteiger charge is -2.16. The monoisotopic (exact) mass is 333 g/mol. The number of hydrogen-bond acceptors (Lipinski definition) is 7. The smallest absolute Gasteiger partial charge is 0.337 e. The van der Waals surface area contributed by atoms with Gasteiger partial charge in [0, 0.05) is 13.1 Å². The van der Waals surface area contributed by atoms with Crippen molar-refractivity contribution in [1.29, 1.82) is 0 Å². The average Bonchev–Trinajstić information content (AvgIpc) is 3.11. The van der Waals surface area contributed by atoms with Crippen molar-refractivity contribution in [3.63, 3.8) is 0 Å². The SMILES string of the molecule is COC(=O)c1ccc(Cl)c(Nc2nncc(N3CCCC3)n2)c1. The van der Waals surface area contributed by atoms with Crippen LogP contribution in [-0.4, -0.2) is 41.3 Å². The van der Waals surface area contributed by atoms with Crippen LogP contribution in [0.15, 0.2) is 24.4 Å². The third kappa shape index (κ3) is 3.50. The maximum absolute atomic E-state index is 11.6. The molecule has 0 aliphatic carbocycles. The number of halogens is 1. The van der Waals surface area contributed by atoms with Gasteiger partial charge in [0.15, 0.2) is 5.82 Å². The minimum absolute atomic E-state index is 0.332. The van der Waals surface area contributed by atoms with Crippen molar-refractivity contribution in [2.45, 2.75) is 12.8 Å². The van der Waals surface area contributed by atoms with Crippen LogP contribution in [0.1, 0.15) is 23.2 Å². The lowest BCUT2D eigenvalue weighted by Crippen LogP contribution is -2.20. The molecule has 3 rings (SSSR count). The second-order valence-electron chi connectivity index (χ2n) is 5.14. The van der Waals surface area contributed by atoms with Crippen LogP contribution in [0.25, 0.3) is 0 Å². The highest BCUT2D eigenvalue weighted by molar-refractivity contribution is 6.33. The zero-order valence-electron chi connectivity index (χ0n) is 12.6. The highest BCUT2D eigenvalue weighted by Gasteiger charge is 2.15. The van der Waals surface area contributed by atoms with Crippen LogP contribution in [-0.2, 0) is 4.74 Å². The maximum Gasteiger partial charge on any atom is 0.337 e. The summed E-state index contributed by atoms with van der Waals surface area (Å²) < 4.78 is 4.71. The van der Waals surface area contributed by atoms with Crippen LogP contribution in [0, 0.1) is 0 Å². The van der Waals surface area contributed by atoms with Gasteiger partial charge in [0.25, 0.3) is 0 Å². The van der Waals surface area contributed by atoms with Crippen LogP contribution in [0.5, 0.6) is 0 Å². The fraction of sp³-hybridized carbons (Fsp3) is 0.333. The van der Waals surface area contributed by atoms with E-state index in [0.717, 1.165) is 31.7 Å². The molecule has 2 aromatic rings. The molecule has 1 saturated heterocycles. The van der Waals surface area contributed by atoms with Crippen molar-refractivity contribution in [2.75, 3.05) is 30.4 Å². The quantitative estimate of drug-likeness (QED) is 0.861. The Balaban J connectivity index is 1.84. The van der Waals surface area contributed by atoms with E-state index in [1.807, 2.05) is 0 Å². The number of rotatable bonds is 4. The summed E-state index contributed by atoms with van der Waals surface area (Å²) in [6.07, 6.45) is 3.95. The molecule has 8 heteroatoms. The van der Waals surface area contributed by atoms with E-state index in [4.69, 9.17) is 16.3 Å². The summed E-state index contributed by atoms with van der Waals surface area (Å²) in [6.45, 7) is 1.94. The Bertz CT molecular complexity index is 719. The molecule has 1 aromatic heterocycles. The molecular formula is C15H16ClN5O2. The number of nitrogens with zero attached hydrogens (tertiary/aromatic N) is 4. The fourth-order valence-corrected chi connectivity index (χ4v) is 2.60. The van der Waals surface area contributed by atoms with Crippen molar-refractivity contribution >= 4 is 35.0 Å². The summed E-state index contributed by atoms with van der Waals surface area (Å²) in [4.78, 5) is 18.2. The molecule has 1 N–H and O–H groups in total. The zero-order chi connectivity index (χ0) is 16.2. The van der Waals surface area contributed by atoms with E-state index in [-0.39, 0.29) is 0 Å². The number of ether oxygens (including phenoxy) is 1. The first-order valence-corrected chi connectivity index (χ1v) is 7.65. The zero-order valence-corrected chi connectivity index (χ0v) is 13.4. The van der Waals surface area contributed by atoms with Crippen molar-refractivity contribution in [3.05, 3.63) is 35.0 Å². The normalized spacial score (nSPS) is 13.9. The van der Waals surface area contributed by atoms with Crippen LogP contribution in [0.4, 0.5) is 17.5 Å². The minimum Gasteiger partial charge on any atom is -0.465 e. The molecule has 0 radical (unpaired) electrons. The molecule has 2 heterocycles. The van der Waals surface area contributed by atoms with Crippen LogP contribution in [0.2, 0.25) is 5.02 Å². The summed E-state index contributed by atoms with van der Waals surface area (Å²) in [5.41, 5.74) is 0.915. The number of hydrogen-bond donors (Lipinski definition) is 1. The van der Waals surface area contributed by atoms with Gasteiger partial charge in [-0.15, -0.1) is 5.10 Å². The number of carbonyl (C=O) groups is 1. The Labute approximate surface area is 138 Å². The Kier molecular flexibility index (Phi) is 4.57. The van der Waals surface area contributed by atoms with Gasteiger partial charge in [-0.05, 0) is 31.0 Å². The standard InChI is InChI=1S/C15H16ClN5O2/c1-23-14(22)10-4-5-11(16)12(8-10)18-15-19-13(9-17-20-15)21-6-2-3-7-21/h4-5,8-9H,2-3,6-7H2,1H3,(H,18,19,20). The number of carbonyl (C=O) groups excluding carboxylic acids is 1. The van der Waals surface area contributed by atoms with Gasteiger partial charge in [0.1, 0.15) is 0 Å². The first-order chi connectivity index (χ1) is 11.2. The summed E-state index contributed by atoms with van der Waals surface area (Å²) >= 11 is 6.16. The van der Waals surface area contributed by atoms with E-state index in [9.17, 15) is 4.79 Å². The third-order valence-corrected chi connectivity index (χ3v) is 3.94. The largest absolute Gasteiger partial charge is 0.465 e. The Morgan fingerprint density at radius 2 is 2.13 bits per heavy atom. The minimum atomic E-state index is -0.436. The van der Waals surface area contributed by atoms with Gasteiger partial charge in [-0.1, -0.05) is 11.6 Å². The van der Waals surface area contributed by atoms with Gasteiger partial charge in [-0.2, -0.15) is 10.1 Å². The fourth-order valence-electron chi connectivity index (χ4n) is 2.43. The van der Waals surface area contributed by atoms with Gasteiger partial charge < -0.3 is 15.0 Å². The molecule has 0 spiro atoms. The van der Waals surface area contributed by atoms with Gasteiger partial charge in [-0.3, -0.25) is 0 Å². The van der Waals surface area contributed by atoms with Crippen molar-refractivity contribution in [3.8, 4) is 0 Å². The summed E-state index contributed by atoms with van der Waals surface area (Å²) in [7, 11) is 1.33. The van der Waals surface area contributed by atoms with E-state index >= 15 is 0 Å². The molecule has 1 fully saturated rings. The average molecular weight is 334 g/mol. The molecule has 7 nitrogen and oxygen atoms in total. The highest BCUT2D eigenvalue weighted by Crippen LogP contribution is 2.26. The summed E-state index contributed by atoms with van der Waals surface area (Å²) in [5.74, 6) is 0.674. The first kappa shape index (κ1) is 15.5. The van der Waals surface area contributed by atoms with Crippen molar-refractivity contribution in [2.24, 2.45) is 0 Å². The molecule has 0 amide bonds. The van der Waals surface area contributed by atoms with Gasteiger partial charge in [0.2, 0.25) is 5.95 Å². The number of benzene rings is 1. The van der Waals surface area contributed by atoms with Crippen LogP contribution in [0.3, 0.4) is 0 Å². The second kappa shape index (κ2) is 6.78. The number of esters is 1. The number of methoxy groups -OCH3 is 1. The van der Waals surface area contributed by atoms with Crippen molar-refractivity contribution < 1.29 is 9.53 Å². The molecule has 0 saturated carbocycles. The van der Waals surface area contributed by atoms with E-state index in [2.05, 4.69) is 25.4 Å². The number of anilines is 3. The molecule has 1 aliphatic heterocycles. The summed E-state index contributed by atoms with van der Waals surface area (Å²) in [6, 6.07) is 4.81. The Hall–Kier alpha value is -2.41. The first-order valence-electron chi connectivity index (χ1n) is 7.27. The Morgan fingerprint density at radius 1 is 1.35 bits per heavy atom. The molecule has 0 unspecified atom stereocenters. The molecular weight excluding hydrogens is 318 g/mol. The number of aromatic nitrogens is 3. The molecule has 1 aromatic carbocycles. The van der Waals surface area contributed by atoms with E-state index in [0.29, 0.717) is 22.2 Å².